The van der Waals surface area contributed by atoms with Crippen molar-refractivity contribution in [2.24, 2.45) is 5.64 Å². The van der Waals surface area contributed by atoms with Crippen molar-refractivity contribution in [2.45, 2.75) is 12.8 Å². The molecule has 0 aromatic heterocycles. The summed E-state index contributed by atoms with van der Waals surface area (Å²) in [4.78, 5) is 0. The fraction of sp³-hybridized carbons (Fsp3) is 1.00. The number of rotatable bonds is 1. The van der Waals surface area contributed by atoms with Crippen molar-refractivity contribution in [3.63, 3.8) is 0 Å². The van der Waals surface area contributed by atoms with Gasteiger partial charge in [0.15, 0.2) is 0 Å². The fourth-order valence-electron chi connectivity index (χ4n) is 0. The molecule has 0 aromatic rings. The second-order valence-corrected chi connectivity index (χ2v) is 1.59. The largest absolute Gasteiger partial charge is 0.370 e. The van der Waals surface area contributed by atoms with Crippen LogP contribution in [-0.2, 0) is 0 Å². The second-order valence-electron chi connectivity index (χ2n) is 1.18. The summed E-state index contributed by atoms with van der Waals surface area (Å²) in [5, 5.41) is 0. The van der Waals surface area contributed by atoms with E-state index in [-0.39, 0.29) is 0 Å². The van der Waals surface area contributed by atoms with Crippen molar-refractivity contribution in [1.82, 2.24) is 0 Å². The van der Waals surface area contributed by atoms with Gasteiger partial charge in [0, 0.05) is 10.2 Å². The Kier molecular flexibility index (Phi) is 2.60. The lowest BCUT2D eigenvalue weighted by Gasteiger charge is -1.84. The Labute approximate surface area is 36.5 Å². The van der Waals surface area contributed by atoms with Crippen LogP contribution in [0.4, 0.5) is 0 Å². The molecule has 3 radical (unpaired) electrons. The third-order valence-corrected chi connectivity index (χ3v) is 0.966. The maximum absolute atomic E-state index is 5.24. The van der Waals surface area contributed by atoms with Crippen LogP contribution in [0, 0.1) is 0 Å². The van der Waals surface area contributed by atoms with Gasteiger partial charge in [-0.3, -0.25) is 0 Å². The molecule has 0 rings (SSSR count). The second kappa shape index (κ2) is 2.48. The van der Waals surface area contributed by atoms with Crippen molar-refractivity contribution in [3.8, 4) is 0 Å². The van der Waals surface area contributed by atoms with E-state index in [2.05, 4.69) is 10.2 Å². The first kappa shape index (κ1) is 5.24. The van der Waals surface area contributed by atoms with Crippen LogP contribution in [0.5, 0.6) is 0 Å². The van der Waals surface area contributed by atoms with Crippen molar-refractivity contribution < 1.29 is 0 Å². The smallest absolute Gasteiger partial charge is 0.210 e. The van der Waals surface area contributed by atoms with E-state index < -0.39 is 0 Å². The first-order chi connectivity index (χ1) is 2.27. The van der Waals surface area contributed by atoms with Crippen molar-refractivity contribution in [2.75, 3.05) is 0 Å². The quantitative estimate of drug-likeness (QED) is 0.433. The molecule has 0 aromatic carbocycles. The highest BCUT2D eigenvalue weighted by molar-refractivity contribution is 6.61. The molecule has 2 N–H and O–H groups in total. The summed E-state index contributed by atoms with van der Waals surface area (Å²) in [5.41, 5.74) is 5.24. The molecule has 1 nitrogen and oxygen atoms in total. The molecular formula is C2H7BNSi. The lowest BCUT2D eigenvalue weighted by atomic mass is 9.70. The Hall–Kier alpha value is 0.242. The van der Waals surface area contributed by atoms with Crippen LogP contribution in [0.15, 0.2) is 0 Å². The predicted molar refractivity (Wildman–Crippen MR) is 26.4 cm³/mol. The van der Waals surface area contributed by atoms with E-state index in [4.69, 9.17) is 5.64 Å². The Morgan fingerprint density at radius 2 is 2.20 bits per heavy atom. The predicted octanol–water partition coefficient (Wildman–Crippen LogP) is -0.308. The number of hydrogen-bond acceptors (Lipinski definition) is 1. The SMILES string of the molecule is CB(N)C[Si]. The summed E-state index contributed by atoms with van der Waals surface area (Å²) >= 11 is 0. The molecule has 0 atom stereocenters. The van der Waals surface area contributed by atoms with Crippen LogP contribution >= 0.6 is 0 Å². The van der Waals surface area contributed by atoms with E-state index in [1.165, 1.54) is 0 Å². The maximum atomic E-state index is 5.24. The standard InChI is InChI=1S/C2H7BNSi/c1-3(4)2-5/h2,4H2,1H3. The molecule has 0 aliphatic rings. The topological polar surface area (TPSA) is 26.0 Å². The summed E-state index contributed by atoms with van der Waals surface area (Å²) in [6.45, 7) is 2.25. The van der Waals surface area contributed by atoms with Gasteiger partial charge in [0.05, 0.1) is 0 Å². The normalized spacial score (nSPS) is 7.80. The van der Waals surface area contributed by atoms with Crippen LogP contribution in [-0.4, -0.2) is 17.1 Å². The van der Waals surface area contributed by atoms with Crippen LogP contribution in [0.1, 0.15) is 0 Å². The molecule has 0 fully saturated rings. The van der Waals surface area contributed by atoms with E-state index in [0.717, 1.165) is 5.94 Å². The van der Waals surface area contributed by atoms with Crippen LogP contribution in [0.2, 0.25) is 12.8 Å². The van der Waals surface area contributed by atoms with Crippen LogP contribution in [0.3, 0.4) is 0 Å². The highest BCUT2D eigenvalue weighted by Gasteiger charge is 1.88. The molecular weight excluding hydrogens is 76.9 g/mol. The van der Waals surface area contributed by atoms with Crippen molar-refractivity contribution >= 4 is 17.1 Å². The molecule has 5 heavy (non-hydrogen) atoms. The molecule has 0 spiro atoms. The van der Waals surface area contributed by atoms with Gasteiger partial charge in [0.2, 0.25) is 6.85 Å². The zero-order chi connectivity index (χ0) is 4.28. The molecule has 27 valence electrons. The zero-order valence-electron chi connectivity index (χ0n) is 3.36. The molecule has 0 amide bonds. The van der Waals surface area contributed by atoms with E-state index >= 15 is 0 Å². The summed E-state index contributed by atoms with van der Waals surface area (Å²) in [5.74, 6) is 0.889. The summed E-state index contributed by atoms with van der Waals surface area (Å²) in [6.07, 6.45) is 0. The Balaban J connectivity index is 2.54. The van der Waals surface area contributed by atoms with Gasteiger partial charge in [-0.15, -0.1) is 0 Å². The third-order valence-electron chi connectivity index (χ3n) is 0.322. The van der Waals surface area contributed by atoms with Crippen molar-refractivity contribution in [1.29, 1.82) is 0 Å². The fourth-order valence-corrected chi connectivity index (χ4v) is 0. The van der Waals surface area contributed by atoms with Crippen LogP contribution < -0.4 is 5.64 Å². The molecule has 0 aliphatic carbocycles. The molecule has 0 aliphatic heterocycles. The molecule has 0 heterocycles. The molecule has 0 saturated carbocycles. The average Bonchev–Trinajstić information content (AvgIpc) is 1.38. The third kappa shape index (κ3) is 4.24. The molecule has 0 unspecified atom stereocenters. The lowest BCUT2D eigenvalue weighted by molar-refractivity contribution is 1.69. The number of nitrogens with two attached hydrogens (primary N) is 1. The highest BCUT2D eigenvalue weighted by Crippen LogP contribution is 1.69. The van der Waals surface area contributed by atoms with Gasteiger partial charge in [-0.05, 0) is 0 Å². The Bertz CT molecular complexity index is 23.6. The maximum Gasteiger partial charge on any atom is 0.210 e. The number of hydrogen-bond donors (Lipinski definition) is 1. The summed E-state index contributed by atoms with van der Waals surface area (Å²) < 4.78 is 0. The van der Waals surface area contributed by atoms with Gasteiger partial charge >= 0.3 is 0 Å². The van der Waals surface area contributed by atoms with Gasteiger partial charge in [-0.2, -0.15) is 0 Å². The molecule has 0 saturated heterocycles. The Morgan fingerprint density at radius 3 is 2.20 bits per heavy atom. The minimum absolute atomic E-state index is 0.298. The van der Waals surface area contributed by atoms with Gasteiger partial charge in [-0.25, -0.2) is 0 Å². The minimum Gasteiger partial charge on any atom is -0.370 e. The van der Waals surface area contributed by atoms with Gasteiger partial charge < -0.3 is 5.64 Å². The minimum atomic E-state index is 0.298. The molecule has 3 heteroatoms. The van der Waals surface area contributed by atoms with Gasteiger partial charge in [-0.1, -0.05) is 12.8 Å². The van der Waals surface area contributed by atoms with Crippen LogP contribution in [0.25, 0.3) is 0 Å². The summed E-state index contributed by atoms with van der Waals surface area (Å²) in [6, 6.07) is 0. The van der Waals surface area contributed by atoms with Crippen molar-refractivity contribution in [3.05, 3.63) is 0 Å². The van der Waals surface area contributed by atoms with E-state index in [1.807, 2.05) is 6.82 Å². The van der Waals surface area contributed by atoms with Gasteiger partial charge in [0.25, 0.3) is 0 Å². The van der Waals surface area contributed by atoms with Gasteiger partial charge in [0.1, 0.15) is 0 Å². The average molecular weight is 84.0 g/mol. The van der Waals surface area contributed by atoms with E-state index in [0.29, 0.717) is 6.85 Å². The lowest BCUT2D eigenvalue weighted by Crippen LogP contribution is -2.19. The first-order valence-corrected chi connectivity index (χ1v) is 2.38. The zero-order valence-corrected chi connectivity index (χ0v) is 4.36. The molecule has 0 bridgehead atoms. The highest BCUT2D eigenvalue weighted by atomic mass is 28.1. The van der Waals surface area contributed by atoms with E-state index in [9.17, 15) is 0 Å². The van der Waals surface area contributed by atoms with E-state index in [1.54, 1.807) is 0 Å². The summed E-state index contributed by atoms with van der Waals surface area (Å²) in [7, 11) is 3.23. The first-order valence-electron chi connectivity index (χ1n) is 1.67. The Morgan fingerprint density at radius 1 is 2.00 bits per heavy atom. The monoisotopic (exact) mass is 84.0 g/mol.